The molecule has 0 aliphatic carbocycles. The Morgan fingerprint density at radius 1 is 1.33 bits per heavy atom. The van der Waals surface area contributed by atoms with Crippen LogP contribution in [0.25, 0.3) is 0 Å². The second-order valence-electron chi connectivity index (χ2n) is 3.30. The summed E-state index contributed by atoms with van der Waals surface area (Å²) in [6.07, 6.45) is -1.50. The molecule has 94 valence electrons. The number of aromatic amines is 1. The molecule has 8 heteroatoms. The Hall–Kier alpha value is -1.96. The summed E-state index contributed by atoms with van der Waals surface area (Å²) in [5.74, 6) is -0.960. The van der Waals surface area contributed by atoms with Gasteiger partial charge in [-0.15, -0.1) is 0 Å². The molecule has 0 aliphatic heterocycles. The van der Waals surface area contributed by atoms with E-state index < -0.39 is 12.2 Å². The van der Waals surface area contributed by atoms with E-state index >= 15 is 0 Å². The SMILES string of the molecule is Fc1ccc(C=Nn2c(C(F)F)n[nH]c2=S)cc1. The maximum absolute atomic E-state index is 12.7. The van der Waals surface area contributed by atoms with Crippen molar-refractivity contribution in [2.45, 2.75) is 6.43 Å². The Balaban J connectivity index is 2.31. The van der Waals surface area contributed by atoms with Crippen LogP contribution >= 0.6 is 12.2 Å². The summed E-state index contributed by atoms with van der Waals surface area (Å²) in [5, 5.41) is 9.37. The molecular formula is C10H7F3N4S. The fourth-order valence-electron chi connectivity index (χ4n) is 1.23. The minimum atomic E-state index is -2.79. The molecule has 0 radical (unpaired) electrons. The van der Waals surface area contributed by atoms with Crippen molar-refractivity contribution in [2.24, 2.45) is 5.10 Å². The Morgan fingerprint density at radius 3 is 2.61 bits per heavy atom. The number of alkyl halides is 2. The monoisotopic (exact) mass is 272 g/mol. The maximum Gasteiger partial charge on any atom is 0.299 e. The molecular weight excluding hydrogens is 265 g/mol. The van der Waals surface area contributed by atoms with Crippen LogP contribution in [0.15, 0.2) is 29.4 Å². The molecule has 0 fully saturated rings. The number of benzene rings is 1. The van der Waals surface area contributed by atoms with Crippen molar-refractivity contribution in [2.75, 3.05) is 0 Å². The molecule has 0 aliphatic rings. The number of hydrogen-bond donors (Lipinski definition) is 1. The summed E-state index contributed by atoms with van der Waals surface area (Å²) in [5.41, 5.74) is 0.555. The van der Waals surface area contributed by atoms with Gasteiger partial charge in [0.1, 0.15) is 5.82 Å². The molecule has 0 spiro atoms. The molecule has 0 amide bonds. The van der Waals surface area contributed by atoms with Crippen LogP contribution in [0.3, 0.4) is 0 Å². The zero-order valence-electron chi connectivity index (χ0n) is 8.85. The summed E-state index contributed by atoms with van der Waals surface area (Å²) in [7, 11) is 0. The van der Waals surface area contributed by atoms with Crippen LogP contribution in [0, 0.1) is 10.6 Å². The lowest BCUT2D eigenvalue weighted by atomic mass is 10.2. The Morgan fingerprint density at radius 2 is 2.00 bits per heavy atom. The molecule has 2 rings (SSSR count). The number of nitrogens with one attached hydrogen (secondary N) is 1. The lowest BCUT2D eigenvalue weighted by Crippen LogP contribution is -1.99. The highest BCUT2D eigenvalue weighted by atomic mass is 32.1. The van der Waals surface area contributed by atoms with E-state index in [2.05, 4.69) is 15.3 Å². The topological polar surface area (TPSA) is 46.0 Å². The minimum absolute atomic E-state index is 0.0383. The summed E-state index contributed by atoms with van der Waals surface area (Å²) < 4.78 is 38.5. The third-order valence-corrected chi connectivity index (χ3v) is 2.33. The highest BCUT2D eigenvalue weighted by molar-refractivity contribution is 7.71. The Bertz CT molecular complexity index is 615. The van der Waals surface area contributed by atoms with Crippen molar-refractivity contribution in [3.63, 3.8) is 0 Å². The van der Waals surface area contributed by atoms with E-state index in [1.807, 2.05) is 0 Å². The van der Waals surface area contributed by atoms with E-state index in [0.717, 1.165) is 4.68 Å². The molecule has 0 saturated carbocycles. The Kier molecular flexibility index (Phi) is 3.56. The van der Waals surface area contributed by atoms with Crippen LogP contribution in [0.2, 0.25) is 0 Å². The summed E-state index contributed by atoms with van der Waals surface area (Å²) in [6, 6.07) is 5.41. The van der Waals surface area contributed by atoms with Crippen molar-refractivity contribution >= 4 is 18.4 Å². The first-order valence-corrected chi connectivity index (χ1v) is 5.24. The van der Waals surface area contributed by atoms with Gasteiger partial charge in [-0.2, -0.15) is 14.9 Å². The van der Waals surface area contributed by atoms with Gasteiger partial charge < -0.3 is 0 Å². The molecule has 1 aromatic carbocycles. The first kappa shape index (κ1) is 12.5. The van der Waals surface area contributed by atoms with E-state index in [0.29, 0.717) is 5.56 Å². The highest BCUT2D eigenvalue weighted by Gasteiger charge is 2.15. The number of rotatable bonds is 3. The number of aromatic nitrogens is 3. The molecule has 18 heavy (non-hydrogen) atoms. The third kappa shape index (κ3) is 2.65. The van der Waals surface area contributed by atoms with Crippen LogP contribution < -0.4 is 0 Å². The smallest absolute Gasteiger partial charge is 0.250 e. The molecule has 2 aromatic rings. The van der Waals surface area contributed by atoms with Gasteiger partial charge in [-0.25, -0.2) is 18.3 Å². The normalized spacial score (nSPS) is 11.6. The van der Waals surface area contributed by atoms with Gasteiger partial charge in [-0.05, 0) is 29.9 Å². The standard InChI is InChI=1S/C10H7F3N4S/c11-7-3-1-6(2-4-7)5-14-17-9(8(12)13)15-16-10(17)18/h1-5,8H,(H,16,18). The number of nitrogens with zero attached hydrogens (tertiary/aromatic N) is 3. The number of H-pyrrole nitrogens is 1. The van der Waals surface area contributed by atoms with Crippen LogP contribution in [0.1, 0.15) is 17.8 Å². The highest BCUT2D eigenvalue weighted by Crippen LogP contribution is 2.15. The molecule has 0 saturated heterocycles. The number of hydrogen-bond acceptors (Lipinski definition) is 3. The summed E-state index contributed by atoms with van der Waals surface area (Å²) >= 11 is 4.77. The molecule has 1 aromatic heterocycles. The van der Waals surface area contributed by atoms with E-state index in [4.69, 9.17) is 12.2 Å². The Labute approximate surface area is 105 Å². The van der Waals surface area contributed by atoms with Gasteiger partial charge in [-0.1, -0.05) is 12.1 Å². The zero-order valence-corrected chi connectivity index (χ0v) is 9.66. The van der Waals surface area contributed by atoms with Gasteiger partial charge in [-0.3, -0.25) is 0 Å². The van der Waals surface area contributed by atoms with Gasteiger partial charge >= 0.3 is 0 Å². The maximum atomic E-state index is 12.7. The third-order valence-electron chi connectivity index (χ3n) is 2.06. The van der Waals surface area contributed by atoms with Crippen molar-refractivity contribution in [1.29, 1.82) is 0 Å². The van der Waals surface area contributed by atoms with Crippen molar-refractivity contribution in [3.8, 4) is 0 Å². The lowest BCUT2D eigenvalue weighted by molar-refractivity contribution is 0.136. The molecule has 1 heterocycles. The predicted molar refractivity (Wildman–Crippen MR) is 61.8 cm³/mol. The van der Waals surface area contributed by atoms with Gasteiger partial charge in [0.25, 0.3) is 6.43 Å². The molecule has 1 N–H and O–H groups in total. The average molecular weight is 272 g/mol. The average Bonchev–Trinajstić information content (AvgIpc) is 2.70. The first-order valence-electron chi connectivity index (χ1n) is 4.83. The first-order chi connectivity index (χ1) is 8.58. The van der Waals surface area contributed by atoms with Crippen molar-refractivity contribution < 1.29 is 13.2 Å². The fourth-order valence-corrected chi connectivity index (χ4v) is 1.42. The largest absolute Gasteiger partial charge is 0.299 e. The summed E-state index contributed by atoms with van der Waals surface area (Å²) in [6.45, 7) is 0. The van der Waals surface area contributed by atoms with Crippen molar-refractivity contribution in [1.82, 2.24) is 14.9 Å². The van der Waals surface area contributed by atoms with E-state index in [-0.39, 0.29) is 10.6 Å². The van der Waals surface area contributed by atoms with E-state index in [1.54, 1.807) is 0 Å². The van der Waals surface area contributed by atoms with Gasteiger partial charge in [0, 0.05) is 0 Å². The lowest BCUT2D eigenvalue weighted by Gasteiger charge is -1.98. The van der Waals surface area contributed by atoms with E-state index in [9.17, 15) is 13.2 Å². The van der Waals surface area contributed by atoms with Crippen LogP contribution in [0.4, 0.5) is 13.2 Å². The van der Waals surface area contributed by atoms with Gasteiger partial charge in [0.05, 0.1) is 6.21 Å². The predicted octanol–water partition coefficient (Wildman–Crippen LogP) is 2.90. The summed E-state index contributed by atoms with van der Waals surface area (Å²) in [4.78, 5) is 0. The van der Waals surface area contributed by atoms with Crippen LogP contribution in [-0.4, -0.2) is 21.1 Å². The van der Waals surface area contributed by atoms with Crippen LogP contribution in [0.5, 0.6) is 0 Å². The quantitative estimate of drug-likeness (QED) is 0.689. The zero-order chi connectivity index (χ0) is 13.1. The van der Waals surface area contributed by atoms with Crippen molar-refractivity contribution in [3.05, 3.63) is 46.2 Å². The fraction of sp³-hybridized carbons (Fsp3) is 0.100. The second kappa shape index (κ2) is 5.13. The molecule has 4 nitrogen and oxygen atoms in total. The molecule has 0 unspecified atom stereocenters. The van der Waals surface area contributed by atoms with Crippen LogP contribution in [-0.2, 0) is 0 Å². The van der Waals surface area contributed by atoms with Gasteiger partial charge in [0.15, 0.2) is 0 Å². The van der Waals surface area contributed by atoms with E-state index in [1.165, 1.54) is 30.5 Å². The molecule has 0 bridgehead atoms. The second-order valence-corrected chi connectivity index (χ2v) is 3.68. The number of halogens is 3. The van der Waals surface area contributed by atoms with Gasteiger partial charge in [0.2, 0.25) is 10.6 Å². The molecule has 0 atom stereocenters. The minimum Gasteiger partial charge on any atom is -0.250 e.